The zero-order chi connectivity index (χ0) is 8.97. The van der Waals surface area contributed by atoms with Crippen LogP contribution in [0.3, 0.4) is 0 Å². The van der Waals surface area contributed by atoms with E-state index in [-0.39, 0.29) is 6.07 Å². The van der Waals surface area contributed by atoms with Crippen LogP contribution in [0.1, 0.15) is 5.56 Å². The highest BCUT2D eigenvalue weighted by molar-refractivity contribution is 6.35. The van der Waals surface area contributed by atoms with Crippen LogP contribution < -0.4 is 0 Å². The van der Waals surface area contributed by atoms with Gasteiger partial charge in [0.05, 0.1) is 6.61 Å². The second kappa shape index (κ2) is 4.93. The van der Waals surface area contributed by atoms with Crippen LogP contribution in [0.2, 0.25) is 10.0 Å². The van der Waals surface area contributed by atoms with E-state index in [1.165, 1.54) is 0 Å². The minimum atomic E-state index is 0.166. The van der Waals surface area contributed by atoms with Crippen molar-refractivity contribution in [1.29, 1.82) is 0 Å². The highest BCUT2D eigenvalue weighted by atomic mass is 35.5. The molecule has 0 bridgehead atoms. The fourth-order valence-corrected chi connectivity index (χ4v) is 1.33. The SMILES string of the molecule is ClCOCc1ccc(Cl)cc1Cl. The second-order valence-corrected chi connectivity index (χ2v) is 3.26. The summed E-state index contributed by atoms with van der Waals surface area (Å²) < 4.78 is 4.98. The molecule has 0 spiro atoms. The maximum atomic E-state index is 5.86. The minimum Gasteiger partial charge on any atom is -0.361 e. The van der Waals surface area contributed by atoms with Crippen LogP contribution in [0.4, 0.5) is 0 Å². The predicted octanol–water partition coefficient (Wildman–Crippen LogP) is 3.71. The molecule has 0 aliphatic rings. The quantitative estimate of drug-likeness (QED) is 0.713. The Morgan fingerprint density at radius 3 is 2.58 bits per heavy atom. The molecule has 0 unspecified atom stereocenters. The van der Waals surface area contributed by atoms with Crippen molar-refractivity contribution in [3.8, 4) is 0 Å². The number of ether oxygens (including phenoxy) is 1. The van der Waals surface area contributed by atoms with E-state index in [0.29, 0.717) is 16.7 Å². The lowest BCUT2D eigenvalue weighted by atomic mass is 10.2. The Labute approximate surface area is 86.2 Å². The molecule has 12 heavy (non-hydrogen) atoms. The molecule has 0 radical (unpaired) electrons. The molecule has 0 atom stereocenters. The monoisotopic (exact) mass is 224 g/mol. The number of hydrogen-bond acceptors (Lipinski definition) is 1. The average molecular weight is 226 g/mol. The van der Waals surface area contributed by atoms with Crippen molar-refractivity contribution in [1.82, 2.24) is 0 Å². The number of hydrogen-bond donors (Lipinski definition) is 0. The first-order valence-corrected chi connectivity index (χ1v) is 4.60. The van der Waals surface area contributed by atoms with Crippen molar-refractivity contribution in [2.24, 2.45) is 0 Å². The van der Waals surface area contributed by atoms with E-state index in [9.17, 15) is 0 Å². The van der Waals surface area contributed by atoms with Crippen molar-refractivity contribution in [2.45, 2.75) is 6.61 Å². The molecular formula is C8H7Cl3O. The van der Waals surface area contributed by atoms with Gasteiger partial charge < -0.3 is 4.74 Å². The van der Waals surface area contributed by atoms with Crippen molar-refractivity contribution in [3.05, 3.63) is 33.8 Å². The van der Waals surface area contributed by atoms with Gasteiger partial charge in [-0.15, -0.1) is 0 Å². The van der Waals surface area contributed by atoms with E-state index in [1.54, 1.807) is 12.1 Å². The van der Waals surface area contributed by atoms with E-state index in [0.717, 1.165) is 5.56 Å². The van der Waals surface area contributed by atoms with Gasteiger partial charge in [0.25, 0.3) is 0 Å². The third kappa shape index (κ3) is 2.83. The highest BCUT2D eigenvalue weighted by Gasteiger charge is 2.00. The Balaban J connectivity index is 2.72. The summed E-state index contributed by atoms with van der Waals surface area (Å²) in [6.45, 7) is 0.416. The van der Waals surface area contributed by atoms with Gasteiger partial charge in [0.2, 0.25) is 0 Å². The Bertz CT molecular complexity index is 262. The molecule has 0 saturated heterocycles. The van der Waals surface area contributed by atoms with Crippen LogP contribution in [-0.2, 0) is 11.3 Å². The first-order chi connectivity index (χ1) is 5.74. The van der Waals surface area contributed by atoms with Crippen LogP contribution >= 0.6 is 34.8 Å². The van der Waals surface area contributed by atoms with E-state index in [4.69, 9.17) is 39.5 Å². The normalized spacial score (nSPS) is 10.2. The molecule has 1 nitrogen and oxygen atoms in total. The molecule has 66 valence electrons. The van der Waals surface area contributed by atoms with E-state index >= 15 is 0 Å². The molecule has 0 amide bonds. The average Bonchev–Trinajstić information content (AvgIpc) is 2.03. The number of rotatable bonds is 3. The zero-order valence-electron chi connectivity index (χ0n) is 6.19. The summed E-state index contributed by atoms with van der Waals surface area (Å²) in [7, 11) is 0. The first kappa shape index (κ1) is 10.1. The smallest absolute Gasteiger partial charge is 0.121 e. The van der Waals surface area contributed by atoms with Crippen molar-refractivity contribution in [2.75, 3.05) is 6.07 Å². The molecule has 0 aromatic heterocycles. The van der Waals surface area contributed by atoms with Gasteiger partial charge in [0, 0.05) is 10.0 Å². The van der Waals surface area contributed by atoms with Gasteiger partial charge in [0.1, 0.15) is 6.07 Å². The fourth-order valence-electron chi connectivity index (χ4n) is 0.787. The molecule has 0 heterocycles. The summed E-state index contributed by atoms with van der Waals surface area (Å²) in [4.78, 5) is 0. The molecule has 1 rings (SSSR count). The standard InChI is InChI=1S/C8H7Cl3O/c9-5-12-4-6-1-2-7(10)3-8(6)11/h1-3H,4-5H2. The number of benzene rings is 1. The maximum Gasteiger partial charge on any atom is 0.121 e. The van der Waals surface area contributed by atoms with Crippen LogP contribution in [0.25, 0.3) is 0 Å². The van der Waals surface area contributed by atoms with Gasteiger partial charge in [-0.3, -0.25) is 0 Å². The summed E-state index contributed by atoms with van der Waals surface area (Å²) in [5.41, 5.74) is 0.890. The van der Waals surface area contributed by atoms with Crippen LogP contribution in [0.5, 0.6) is 0 Å². The number of halogens is 3. The largest absolute Gasteiger partial charge is 0.361 e. The van der Waals surface area contributed by atoms with Gasteiger partial charge in [-0.1, -0.05) is 40.9 Å². The minimum absolute atomic E-state index is 0.166. The molecule has 0 N–H and O–H groups in total. The maximum absolute atomic E-state index is 5.86. The van der Waals surface area contributed by atoms with Crippen LogP contribution in [0.15, 0.2) is 18.2 Å². The molecule has 0 aliphatic heterocycles. The first-order valence-electron chi connectivity index (χ1n) is 3.31. The Kier molecular flexibility index (Phi) is 4.16. The summed E-state index contributed by atoms with van der Waals surface area (Å²) in [5.74, 6) is 0. The number of alkyl halides is 1. The summed E-state index contributed by atoms with van der Waals surface area (Å²) >= 11 is 16.9. The zero-order valence-corrected chi connectivity index (χ0v) is 8.46. The van der Waals surface area contributed by atoms with Gasteiger partial charge >= 0.3 is 0 Å². The summed E-state index contributed by atoms with van der Waals surface area (Å²) in [6, 6.07) is 5.42. The van der Waals surface area contributed by atoms with Gasteiger partial charge in [-0.2, -0.15) is 0 Å². The third-order valence-electron chi connectivity index (χ3n) is 1.35. The van der Waals surface area contributed by atoms with E-state index in [1.807, 2.05) is 6.07 Å². The molecule has 0 fully saturated rings. The van der Waals surface area contributed by atoms with Gasteiger partial charge in [-0.25, -0.2) is 0 Å². The van der Waals surface area contributed by atoms with Crippen LogP contribution in [0, 0.1) is 0 Å². The molecular weight excluding hydrogens is 218 g/mol. The Hall–Kier alpha value is 0.0500. The van der Waals surface area contributed by atoms with E-state index in [2.05, 4.69) is 0 Å². The lowest BCUT2D eigenvalue weighted by Gasteiger charge is -2.03. The fraction of sp³-hybridized carbons (Fsp3) is 0.250. The van der Waals surface area contributed by atoms with Crippen molar-refractivity contribution < 1.29 is 4.74 Å². The highest BCUT2D eigenvalue weighted by Crippen LogP contribution is 2.21. The third-order valence-corrected chi connectivity index (χ3v) is 2.09. The topological polar surface area (TPSA) is 9.23 Å². The second-order valence-electron chi connectivity index (χ2n) is 2.19. The summed E-state index contributed by atoms with van der Waals surface area (Å²) in [5, 5.41) is 1.22. The molecule has 1 aromatic carbocycles. The predicted molar refractivity (Wildman–Crippen MR) is 52.0 cm³/mol. The lowest BCUT2D eigenvalue weighted by molar-refractivity contribution is 0.165. The Morgan fingerprint density at radius 2 is 2.00 bits per heavy atom. The van der Waals surface area contributed by atoms with Crippen molar-refractivity contribution in [3.63, 3.8) is 0 Å². The molecule has 4 heteroatoms. The van der Waals surface area contributed by atoms with Crippen molar-refractivity contribution >= 4 is 34.8 Å². The van der Waals surface area contributed by atoms with Gasteiger partial charge in [-0.05, 0) is 17.7 Å². The van der Waals surface area contributed by atoms with Gasteiger partial charge in [0.15, 0.2) is 0 Å². The van der Waals surface area contributed by atoms with E-state index < -0.39 is 0 Å². The summed E-state index contributed by atoms with van der Waals surface area (Å²) in [6.07, 6.45) is 0. The molecule has 0 saturated carbocycles. The van der Waals surface area contributed by atoms with Crippen LogP contribution in [-0.4, -0.2) is 6.07 Å². The lowest BCUT2D eigenvalue weighted by Crippen LogP contribution is -1.90. The molecule has 0 aliphatic carbocycles. The molecule has 1 aromatic rings. The Morgan fingerprint density at radius 1 is 1.25 bits per heavy atom.